The number of carbonyl (C=O) groups is 3. The highest BCUT2D eigenvalue weighted by atomic mass is 19.4. The van der Waals surface area contributed by atoms with Crippen molar-refractivity contribution < 1.29 is 50.9 Å². The summed E-state index contributed by atoms with van der Waals surface area (Å²) in [5.41, 5.74) is 6.84. The Labute approximate surface area is 228 Å². The van der Waals surface area contributed by atoms with E-state index in [1.807, 2.05) is 30.3 Å². The molecule has 0 spiro atoms. The monoisotopic (exact) mass is 594 g/mol. The van der Waals surface area contributed by atoms with Crippen LogP contribution < -0.4 is 21.9 Å². The average Bonchev–Trinajstić information content (AvgIpc) is 2.88. The molecule has 7 N–H and O–H groups in total. The lowest BCUT2D eigenvalue weighted by Gasteiger charge is -2.09. The van der Waals surface area contributed by atoms with Crippen molar-refractivity contribution in [1.29, 1.82) is 0 Å². The maximum Gasteiger partial charge on any atom is 0.490 e. The third-order valence-corrected chi connectivity index (χ3v) is 5.09. The van der Waals surface area contributed by atoms with E-state index in [0.717, 1.165) is 60.7 Å². The van der Waals surface area contributed by atoms with Gasteiger partial charge in [0, 0.05) is 22.0 Å². The van der Waals surface area contributed by atoms with Crippen molar-refractivity contribution in [3.63, 3.8) is 0 Å². The Hall–Kier alpha value is -4.18. The zero-order valence-electron chi connectivity index (χ0n) is 21.4. The number of aromatic nitrogens is 1. The zero-order valence-corrected chi connectivity index (χ0v) is 21.4. The Balaban J connectivity index is 0.000000497. The number of halogens is 6. The molecule has 1 aromatic heterocycles. The molecule has 0 bridgehead atoms. The number of pyridine rings is 1. The van der Waals surface area contributed by atoms with E-state index in [-0.39, 0.29) is 18.0 Å². The third kappa shape index (κ3) is 12.7. The fraction of sp³-hybridized carbons (Fsp3) is 0.360. The van der Waals surface area contributed by atoms with Crippen LogP contribution in [0.3, 0.4) is 0 Å². The highest BCUT2D eigenvalue weighted by molar-refractivity contribution is 6.07. The molecular weight excluding hydrogens is 566 g/mol. The molecule has 226 valence electrons. The number of nitrogens with two attached hydrogens (primary N) is 1. The number of fused-ring (bicyclic) bond motifs is 3. The van der Waals surface area contributed by atoms with Crippen molar-refractivity contribution in [3.05, 3.63) is 52.8 Å². The van der Waals surface area contributed by atoms with E-state index < -0.39 is 24.3 Å². The van der Waals surface area contributed by atoms with Crippen LogP contribution in [0.5, 0.6) is 0 Å². The smallest absolute Gasteiger partial charge is 0.475 e. The van der Waals surface area contributed by atoms with Gasteiger partial charge < -0.3 is 31.6 Å². The van der Waals surface area contributed by atoms with Crippen LogP contribution in [0, 0.1) is 0 Å². The van der Waals surface area contributed by atoms with E-state index in [0.29, 0.717) is 5.39 Å². The third-order valence-electron chi connectivity index (χ3n) is 5.09. The number of aromatic amines is 1. The summed E-state index contributed by atoms with van der Waals surface area (Å²) in [5.74, 6) is -5.59. The fourth-order valence-corrected chi connectivity index (χ4v) is 3.21. The SMILES string of the molecule is NCCCCCCNCC(=O)Nc1ccc2[nH]c(=O)c3ccccc3c2c1.O=C(O)C(F)(F)F.O=C(O)C(F)(F)F. The van der Waals surface area contributed by atoms with Gasteiger partial charge in [-0.3, -0.25) is 9.59 Å². The minimum Gasteiger partial charge on any atom is -0.475 e. The quantitative estimate of drug-likeness (QED) is 0.122. The zero-order chi connectivity index (χ0) is 31.2. The molecule has 0 saturated heterocycles. The van der Waals surface area contributed by atoms with Crippen LogP contribution in [0.25, 0.3) is 21.7 Å². The van der Waals surface area contributed by atoms with Crippen molar-refractivity contribution in [2.75, 3.05) is 25.0 Å². The number of hydrogen-bond acceptors (Lipinski definition) is 6. The van der Waals surface area contributed by atoms with Gasteiger partial charge in [-0.15, -0.1) is 0 Å². The van der Waals surface area contributed by atoms with E-state index in [1.54, 1.807) is 12.1 Å². The maximum absolute atomic E-state index is 12.2. The molecule has 0 saturated carbocycles. The first-order valence-electron chi connectivity index (χ1n) is 11.9. The molecule has 0 unspecified atom stereocenters. The number of benzene rings is 2. The average molecular weight is 595 g/mol. The second-order valence-electron chi connectivity index (χ2n) is 8.29. The molecule has 0 fully saturated rings. The van der Waals surface area contributed by atoms with Crippen molar-refractivity contribution >= 4 is 45.2 Å². The summed E-state index contributed by atoms with van der Waals surface area (Å²) in [5, 5.41) is 22.8. The lowest BCUT2D eigenvalue weighted by molar-refractivity contribution is -0.193. The topological polar surface area (TPSA) is 175 Å². The van der Waals surface area contributed by atoms with Crippen LogP contribution in [0.1, 0.15) is 25.7 Å². The molecule has 0 aliphatic carbocycles. The largest absolute Gasteiger partial charge is 0.490 e. The summed E-state index contributed by atoms with van der Waals surface area (Å²) in [6, 6.07) is 13.0. The summed E-state index contributed by atoms with van der Waals surface area (Å²) in [6.07, 6.45) is -5.80. The molecule has 3 aromatic rings. The van der Waals surface area contributed by atoms with Gasteiger partial charge in [-0.2, -0.15) is 26.3 Å². The molecular formula is C25H28F6N4O6. The number of carboxylic acid groups (broad SMARTS) is 2. The molecule has 1 heterocycles. The maximum atomic E-state index is 12.2. The van der Waals surface area contributed by atoms with E-state index in [1.165, 1.54) is 0 Å². The molecule has 0 radical (unpaired) electrons. The number of anilines is 1. The number of carbonyl (C=O) groups excluding carboxylic acids is 1. The van der Waals surface area contributed by atoms with Crippen molar-refractivity contribution in [1.82, 2.24) is 10.3 Å². The van der Waals surface area contributed by atoms with Gasteiger partial charge in [0.05, 0.1) is 6.54 Å². The van der Waals surface area contributed by atoms with Gasteiger partial charge in [0.15, 0.2) is 0 Å². The Bertz CT molecular complexity index is 1350. The second-order valence-corrected chi connectivity index (χ2v) is 8.29. The molecule has 0 aliphatic heterocycles. The fourth-order valence-electron chi connectivity index (χ4n) is 3.21. The Kier molecular flexibility index (Phi) is 13.7. The number of aliphatic carboxylic acids is 2. The second kappa shape index (κ2) is 16.2. The highest BCUT2D eigenvalue weighted by Crippen LogP contribution is 2.24. The Morgan fingerprint density at radius 3 is 1.88 bits per heavy atom. The van der Waals surface area contributed by atoms with Crippen molar-refractivity contribution in [3.8, 4) is 0 Å². The summed E-state index contributed by atoms with van der Waals surface area (Å²) in [6.45, 7) is 1.84. The van der Waals surface area contributed by atoms with E-state index in [9.17, 15) is 35.9 Å². The minimum atomic E-state index is -5.08. The predicted octanol–water partition coefficient (Wildman–Crippen LogP) is 4.00. The standard InChI is InChI=1S/C21H26N4O2.2C2HF3O2/c22-11-5-1-2-6-12-23-14-20(26)24-15-9-10-19-18(13-15)16-7-3-4-8-17(16)21(27)25-19;2*3-2(4,5)1(6)7/h3-4,7-10,13,23H,1-2,5-6,11-12,14,22H2,(H,24,26)(H,25,27);2*(H,6,7). The number of unbranched alkanes of at least 4 members (excludes halogenated alkanes) is 3. The first-order valence-corrected chi connectivity index (χ1v) is 11.9. The summed E-state index contributed by atoms with van der Waals surface area (Å²) >= 11 is 0. The molecule has 1 amide bonds. The van der Waals surface area contributed by atoms with Gasteiger partial charge in [0.25, 0.3) is 5.56 Å². The van der Waals surface area contributed by atoms with Gasteiger partial charge in [-0.05, 0) is 55.6 Å². The molecule has 3 rings (SSSR count). The van der Waals surface area contributed by atoms with Gasteiger partial charge in [0.2, 0.25) is 5.91 Å². The van der Waals surface area contributed by atoms with Gasteiger partial charge >= 0.3 is 24.3 Å². The highest BCUT2D eigenvalue weighted by Gasteiger charge is 2.38. The van der Waals surface area contributed by atoms with Crippen LogP contribution in [0.15, 0.2) is 47.3 Å². The number of alkyl halides is 6. The Morgan fingerprint density at radius 1 is 0.805 bits per heavy atom. The molecule has 2 aromatic carbocycles. The molecule has 16 heteroatoms. The van der Waals surface area contributed by atoms with Crippen LogP contribution in [0.4, 0.5) is 32.0 Å². The molecule has 10 nitrogen and oxygen atoms in total. The molecule has 41 heavy (non-hydrogen) atoms. The van der Waals surface area contributed by atoms with E-state index in [2.05, 4.69) is 15.6 Å². The number of hydrogen-bond donors (Lipinski definition) is 6. The number of amides is 1. The summed E-state index contributed by atoms with van der Waals surface area (Å²) in [7, 11) is 0. The molecule has 0 aliphatic rings. The lowest BCUT2D eigenvalue weighted by atomic mass is 10.1. The van der Waals surface area contributed by atoms with Crippen molar-refractivity contribution in [2.24, 2.45) is 5.73 Å². The number of rotatable bonds is 9. The lowest BCUT2D eigenvalue weighted by Crippen LogP contribution is -2.28. The number of nitrogens with one attached hydrogen (secondary N) is 3. The van der Waals surface area contributed by atoms with Crippen LogP contribution in [0.2, 0.25) is 0 Å². The first kappa shape index (κ1) is 34.8. The number of carboxylic acids is 2. The van der Waals surface area contributed by atoms with Gasteiger partial charge in [-0.1, -0.05) is 31.0 Å². The van der Waals surface area contributed by atoms with Crippen LogP contribution in [-0.4, -0.2) is 65.0 Å². The van der Waals surface area contributed by atoms with Crippen LogP contribution >= 0.6 is 0 Å². The number of H-pyrrole nitrogens is 1. The Morgan fingerprint density at radius 2 is 1.34 bits per heavy atom. The minimum absolute atomic E-state index is 0.0787. The van der Waals surface area contributed by atoms with Gasteiger partial charge in [-0.25, -0.2) is 9.59 Å². The first-order chi connectivity index (χ1) is 19.1. The van der Waals surface area contributed by atoms with Crippen molar-refractivity contribution in [2.45, 2.75) is 38.0 Å². The summed E-state index contributed by atoms with van der Waals surface area (Å²) < 4.78 is 63.5. The van der Waals surface area contributed by atoms with E-state index in [4.69, 9.17) is 25.5 Å². The molecule has 0 atom stereocenters. The van der Waals surface area contributed by atoms with Gasteiger partial charge in [0.1, 0.15) is 0 Å². The predicted molar refractivity (Wildman–Crippen MR) is 138 cm³/mol. The van der Waals surface area contributed by atoms with Crippen LogP contribution in [-0.2, 0) is 14.4 Å². The van der Waals surface area contributed by atoms with E-state index >= 15 is 0 Å². The summed E-state index contributed by atoms with van der Waals surface area (Å²) in [4.78, 5) is 45.0. The normalized spacial score (nSPS) is 11.2.